The van der Waals surface area contributed by atoms with Gasteiger partial charge in [0.2, 0.25) is 0 Å². The molecule has 0 aliphatic carbocycles. The van der Waals surface area contributed by atoms with Crippen LogP contribution in [0.4, 0.5) is 10.2 Å². The molecule has 2 heterocycles. The zero-order valence-electron chi connectivity index (χ0n) is 8.82. The highest BCUT2D eigenvalue weighted by molar-refractivity contribution is 6.41. The topological polar surface area (TPSA) is 54.9 Å². The predicted octanol–water partition coefficient (Wildman–Crippen LogP) is 3.17. The van der Waals surface area contributed by atoms with Crippen LogP contribution < -0.4 is 5.32 Å². The molecule has 1 N–H and O–H groups in total. The smallest absolute Gasteiger partial charge is 0.258 e. The van der Waals surface area contributed by atoms with Crippen molar-refractivity contribution < 1.29 is 9.18 Å². The van der Waals surface area contributed by atoms with E-state index >= 15 is 0 Å². The molecule has 2 aromatic rings. The number of carbonyl (C=O) groups is 1. The first-order valence-corrected chi connectivity index (χ1v) is 5.56. The maximum absolute atomic E-state index is 12.6. The van der Waals surface area contributed by atoms with Gasteiger partial charge in [0.15, 0.2) is 0 Å². The van der Waals surface area contributed by atoms with E-state index in [-0.39, 0.29) is 21.6 Å². The van der Waals surface area contributed by atoms with Crippen LogP contribution >= 0.6 is 23.2 Å². The summed E-state index contributed by atoms with van der Waals surface area (Å²) in [7, 11) is 0. The fraction of sp³-hybridized carbons (Fsp3) is 0. The molecule has 7 heteroatoms. The van der Waals surface area contributed by atoms with Gasteiger partial charge in [-0.15, -0.1) is 0 Å². The Morgan fingerprint density at radius 1 is 1.22 bits per heavy atom. The van der Waals surface area contributed by atoms with Crippen LogP contribution in [0.15, 0.2) is 30.6 Å². The Hall–Kier alpha value is -1.72. The zero-order valence-corrected chi connectivity index (χ0v) is 10.3. The van der Waals surface area contributed by atoms with Gasteiger partial charge in [-0.1, -0.05) is 23.2 Å². The van der Waals surface area contributed by atoms with E-state index in [1.54, 1.807) is 0 Å². The Balaban J connectivity index is 2.16. The minimum atomic E-state index is -0.482. The number of nitrogens with zero attached hydrogens (tertiary/aromatic N) is 2. The summed E-state index contributed by atoms with van der Waals surface area (Å²) in [5.41, 5.74) is 0.232. The molecule has 0 aliphatic rings. The van der Waals surface area contributed by atoms with E-state index in [1.807, 2.05) is 0 Å². The minimum Gasteiger partial charge on any atom is -0.307 e. The van der Waals surface area contributed by atoms with Crippen molar-refractivity contribution in [3.8, 4) is 0 Å². The molecule has 2 aromatic heterocycles. The minimum absolute atomic E-state index is 0.119. The van der Waals surface area contributed by atoms with Gasteiger partial charge in [-0.25, -0.2) is 14.4 Å². The number of anilines is 1. The van der Waals surface area contributed by atoms with Crippen molar-refractivity contribution in [1.82, 2.24) is 9.97 Å². The highest BCUT2D eigenvalue weighted by Gasteiger charge is 2.09. The molecule has 92 valence electrons. The van der Waals surface area contributed by atoms with Gasteiger partial charge >= 0.3 is 0 Å². The lowest BCUT2D eigenvalue weighted by Crippen LogP contribution is -2.13. The number of amides is 1. The second-order valence-corrected chi connectivity index (χ2v) is 4.08. The Morgan fingerprint density at radius 3 is 2.61 bits per heavy atom. The van der Waals surface area contributed by atoms with E-state index in [4.69, 9.17) is 23.2 Å². The van der Waals surface area contributed by atoms with E-state index in [0.717, 1.165) is 6.20 Å². The van der Waals surface area contributed by atoms with Gasteiger partial charge in [0.25, 0.3) is 5.91 Å². The van der Waals surface area contributed by atoms with E-state index < -0.39 is 11.7 Å². The first kappa shape index (κ1) is 12.7. The summed E-state index contributed by atoms with van der Waals surface area (Å²) in [4.78, 5) is 19.2. The third-order valence-electron chi connectivity index (χ3n) is 2.03. The lowest BCUT2D eigenvalue weighted by molar-refractivity contribution is 0.102. The van der Waals surface area contributed by atoms with Gasteiger partial charge in [-0.05, 0) is 18.2 Å². The number of carbonyl (C=O) groups excluding carboxylic acids is 1. The standard InChI is InChI=1S/C11H6Cl2FN3O/c12-8-3-6(4-16-10(8)13)11(18)17-9-2-1-7(14)5-15-9/h1-5H,(H,15,17,18). The van der Waals surface area contributed by atoms with Crippen LogP contribution in [-0.4, -0.2) is 15.9 Å². The van der Waals surface area contributed by atoms with Crippen LogP contribution in [0.5, 0.6) is 0 Å². The Morgan fingerprint density at radius 2 is 2.00 bits per heavy atom. The maximum atomic E-state index is 12.6. The second-order valence-electron chi connectivity index (χ2n) is 3.31. The molecular weight excluding hydrogens is 280 g/mol. The van der Waals surface area contributed by atoms with E-state index in [9.17, 15) is 9.18 Å². The summed E-state index contributed by atoms with van der Waals surface area (Å²) in [6.45, 7) is 0. The van der Waals surface area contributed by atoms with Gasteiger partial charge in [-0.2, -0.15) is 0 Å². The third-order valence-corrected chi connectivity index (χ3v) is 2.71. The van der Waals surface area contributed by atoms with Gasteiger partial charge < -0.3 is 5.32 Å². The molecule has 4 nitrogen and oxygen atoms in total. The average Bonchev–Trinajstić information content (AvgIpc) is 2.35. The number of halogens is 3. The van der Waals surface area contributed by atoms with Crippen molar-refractivity contribution in [2.45, 2.75) is 0 Å². The van der Waals surface area contributed by atoms with E-state index in [2.05, 4.69) is 15.3 Å². The number of rotatable bonds is 2. The number of hydrogen-bond donors (Lipinski definition) is 1. The summed E-state index contributed by atoms with van der Waals surface area (Å²) < 4.78 is 12.6. The number of nitrogens with one attached hydrogen (secondary N) is 1. The summed E-state index contributed by atoms with van der Waals surface area (Å²) in [5.74, 6) is -0.711. The van der Waals surface area contributed by atoms with Gasteiger partial charge in [0.05, 0.1) is 16.8 Å². The van der Waals surface area contributed by atoms with E-state index in [0.29, 0.717) is 0 Å². The first-order chi connectivity index (χ1) is 8.56. The quantitative estimate of drug-likeness (QED) is 0.863. The van der Waals surface area contributed by atoms with Crippen LogP contribution in [0.2, 0.25) is 10.2 Å². The molecule has 0 atom stereocenters. The third kappa shape index (κ3) is 2.94. The van der Waals surface area contributed by atoms with Crippen molar-refractivity contribution >= 4 is 34.9 Å². The molecule has 0 saturated heterocycles. The number of pyridine rings is 2. The fourth-order valence-electron chi connectivity index (χ4n) is 1.18. The summed E-state index contributed by atoms with van der Waals surface area (Å²) in [5, 5.41) is 2.77. The van der Waals surface area contributed by atoms with Crippen LogP contribution in [0, 0.1) is 5.82 Å². The SMILES string of the molecule is O=C(Nc1ccc(F)cn1)c1cnc(Cl)c(Cl)c1. The van der Waals surface area contributed by atoms with Crippen LogP contribution in [0.1, 0.15) is 10.4 Å². The molecule has 2 rings (SSSR count). The lowest BCUT2D eigenvalue weighted by Gasteiger charge is -2.04. The van der Waals surface area contributed by atoms with Crippen molar-refractivity contribution in [2.75, 3.05) is 5.32 Å². The first-order valence-electron chi connectivity index (χ1n) is 4.80. The lowest BCUT2D eigenvalue weighted by atomic mass is 10.2. The molecule has 0 aromatic carbocycles. The van der Waals surface area contributed by atoms with E-state index in [1.165, 1.54) is 24.4 Å². The predicted molar refractivity (Wildman–Crippen MR) is 66.4 cm³/mol. The number of aromatic nitrogens is 2. The molecule has 18 heavy (non-hydrogen) atoms. The Labute approximate surface area is 112 Å². The molecule has 0 bridgehead atoms. The number of hydrogen-bond acceptors (Lipinski definition) is 3. The van der Waals surface area contributed by atoms with Gasteiger partial charge in [0.1, 0.15) is 16.8 Å². The summed E-state index contributed by atoms with van der Waals surface area (Å²) in [6.07, 6.45) is 2.29. The van der Waals surface area contributed by atoms with Gasteiger partial charge in [-0.3, -0.25) is 4.79 Å². The van der Waals surface area contributed by atoms with Gasteiger partial charge in [0, 0.05) is 6.20 Å². The Kier molecular flexibility index (Phi) is 3.74. The molecule has 0 aliphatic heterocycles. The highest BCUT2D eigenvalue weighted by Crippen LogP contribution is 2.20. The molecule has 1 amide bonds. The van der Waals surface area contributed by atoms with Crippen molar-refractivity contribution in [1.29, 1.82) is 0 Å². The largest absolute Gasteiger partial charge is 0.307 e. The average molecular weight is 286 g/mol. The molecule has 0 saturated carbocycles. The van der Waals surface area contributed by atoms with Crippen molar-refractivity contribution in [3.63, 3.8) is 0 Å². The second kappa shape index (κ2) is 5.29. The van der Waals surface area contributed by atoms with Crippen LogP contribution in [0.25, 0.3) is 0 Å². The monoisotopic (exact) mass is 285 g/mol. The maximum Gasteiger partial charge on any atom is 0.258 e. The fourth-order valence-corrected chi connectivity index (χ4v) is 1.45. The van der Waals surface area contributed by atoms with Crippen LogP contribution in [-0.2, 0) is 0 Å². The highest BCUT2D eigenvalue weighted by atomic mass is 35.5. The molecule has 0 unspecified atom stereocenters. The molecule has 0 radical (unpaired) electrons. The Bertz CT molecular complexity index is 589. The van der Waals surface area contributed by atoms with Crippen molar-refractivity contribution in [3.05, 3.63) is 52.1 Å². The van der Waals surface area contributed by atoms with Crippen molar-refractivity contribution in [2.24, 2.45) is 0 Å². The summed E-state index contributed by atoms with van der Waals surface area (Å²) >= 11 is 11.4. The normalized spacial score (nSPS) is 10.2. The summed E-state index contributed by atoms with van der Waals surface area (Å²) in [6, 6.07) is 3.92. The molecular formula is C11H6Cl2FN3O. The molecule has 0 spiro atoms. The van der Waals surface area contributed by atoms with Crippen LogP contribution in [0.3, 0.4) is 0 Å². The molecule has 0 fully saturated rings. The zero-order chi connectivity index (χ0) is 13.1.